The van der Waals surface area contributed by atoms with E-state index in [-0.39, 0.29) is 18.1 Å². The fourth-order valence-corrected chi connectivity index (χ4v) is 3.69. The predicted molar refractivity (Wildman–Crippen MR) is 106 cm³/mol. The number of nitrogens with zero attached hydrogens (tertiary/aromatic N) is 1. The van der Waals surface area contributed by atoms with E-state index >= 15 is 0 Å². The van der Waals surface area contributed by atoms with Crippen LogP contribution in [0.2, 0.25) is 0 Å². The van der Waals surface area contributed by atoms with Gasteiger partial charge in [-0.2, -0.15) is 0 Å². The van der Waals surface area contributed by atoms with Gasteiger partial charge in [-0.1, -0.05) is 75.3 Å². The van der Waals surface area contributed by atoms with Gasteiger partial charge in [0.15, 0.2) is 0 Å². The molecule has 2 aliphatic rings. The molecule has 140 valence electrons. The number of hydrogen-bond acceptors (Lipinski definition) is 3. The van der Waals surface area contributed by atoms with Crippen LogP contribution in [-0.2, 0) is 9.53 Å². The molecule has 4 heteroatoms. The summed E-state index contributed by atoms with van der Waals surface area (Å²) < 4.78 is 5.98. The quantitative estimate of drug-likeness (QED) is 0.772. The third kappa shape index (κ3) is 6.01. The van der Waals surface area contributed by atoms with E-state index in [2.05, 4.69) is 10.3 Å². The van der Waals surface area contributed by atoms with E-state index in [1.807, 2.05) is 30.3 Å². The highest BCUT2D eigenvalue weighted by molar-refractivity contribution is 6.02. The van der Waals surface area contributed by atoms with Crippen molar-refractivity contribution in [3.8, 4) is 0 Å². The van der Waals surface area contributed by atoms with E-state index < -0.39 is 0 Å². The van der Waals surface area contributed by atoms with Gasteiger partial charge in [0.1, 0.15) is 6.10 Å². The maximum absolute atomic E-state index is 12.2. The van der Waals surface area contributed by atoms with Crippen molar-refractivity contribution in [2.24, 2.45) is 4.99 Å². The first kappa shape index (κ1) is 18.7. The summed E-state index contributed by atoms with van der Waals surface area (Å²) in [7, 11) is 0. The van der Waals surface area contributed by atoms with Gasteiger partial charge in [-0.3, -0.25) is 10.1 Å². The number of carbonyl (C=O) groups is 1. The van der Waals surface area contributed by atoms with Crippen LogP contribution in [0.1, 0.15) is 69.8 Å². The van der Waals surface area contributed by atoms with Crippen molar-refractivity contribution in [3.63, 3.8) is 0 Å². The van der Waals surface area contributed by atoms with Gasteiger partial charge < -0.3 is 4.74 Å². The van der Waals surface area contributed by atoms with Crippen LogP contribution < -0.4 is 5.32 Å². The fourth-order valence-electron chi connectivity index (χ4n) is 3.69. The topological polar surface area (TPSA) is 50.7 Å². The second-order valence-corrected chi connectivity index (χ2v) is 7.30. The lowest BCUT2D eigenvalue weighted by molar-refractivity contribution is -0.115. The standard InChI is InChI=1S/C22H30N2O2/c25-21(17-16-18-12-8-7-9-13-18)24-22-23-19-14-10-5-3-1-2-4-6-11-15-20(19)26-22/h7-9,12-13,16-17,19-20H,1-6,10-11,14-15H2,(H,23,24,25)/b17-16+/t19-,20-/m1/s1. The SMILES string of the molecule is O=C(/C=C/c1ccccc1)NC1=N[C@@H]2CCCCCCCCCC[C@H]2O1. The Morgan fingerprint density at radius 1 is 0.962 bits per heavy atom. The van der Waals surface area contributed by atoms with Crippen LogP contribution in [0.3, 0.4) is 0 Å². The third-order valence-electron chi connectivity index (χ3n) is 5.17. The van der Waals surface area contributed by atoms with Crippen LogP contribution in [0.5, 0.6) is 0 Å². The van der Waals surface area contributed by atoms with Gasteiger partial charge in [0.05, 0.1) is 6.04 Å². The lowest BCUT2D eigenvalue weighted by Crippen LogP contribution is -2.31. The van der Waals surface area contributed by atoms with E-state index in [4.69, 9.17) is 4.74 Å². The average Bonchev–Trinajstić information content (AvgIpc) is 3.02. The van der Waals surface area contributed by atoms with Gasteiger partial charge in [0.2, 0.25) is 0 Å². The molecule has 26 heavy (non-hydrogen) atoms. The molecule has 1 saturated carbocycles. The second kappa shape index (κ2) is 10.1. The van der Waals surface area contributed by atoms with E-state index in [0.717, 1.165) is 18.4 Å². The minimum absolute atomic E-state index is 0.128. The first-order chi connectivity index (χ1) is 12.8. The molecule has 1 amide bonds. The Labute approximate surface area is 156 Å². The lowest BCUT2D eigenvalue weighted by Gasteiger charge is -2.18. The summed E-state index contributed by atoms with van der Waals surface area (Å²) in [5, 5.41) is 2.80. The minimum atomic E-state index is -0.190. The minimum Gasteiger partial charge on any atom is -0.459 e. The van der Waals surface area contributed by atoms with Crippen molar-refractivity contribution in [1.82, 2.24) is 5.32 Å². The summed E-state index contributed by atoms with van der Waals surface area (Å²) in [6.07, 6.45) is 15.9. The van der Waals surface area contributed by atoms with Crippen LogP contribution >= 0.6 is 0 Å². The van der Waals surface area contributed by atoms with Gasteiger partial charge >= 0.3 is 0 Å². The monoisotopic (exact) mass is 354 g/mol. The molecule has 0 spiro atoms. The van der Waals surface area contributed by atoms with Gasteiger partial charge in [-0.25, -0.2) is 4.99 Å². The second-order valence-electron chi connectivity index (χ2n) is 7.30. The molecule has 0 unspecified atom stereocenters. The Hall–Kier alpha value is -2.10. The Morgan fingerprint density at radius 3 is 2.35 bits per heavy atom. The number of carbonyl (C=O) groups excluding carboxylic acids is 1. The summed E-state index contributed by atoms with van der Waals surface area (Å²) in [5.41, 5.74) is 0.998. The number of amidine groups is 1. The molecule has 1 N–H and O–H groups in total. The summed E-state index contributed by atoms with van der Waals surface area (Å²) in [6, 6.07) is 10.4. The van der Waals surface area contributed by atoms with Crippen molar-refractivity contribution in [3.05, 3.63) is 42.0 Å². The third-order valence-corrected chi connectivity index (χ3v) is 5.17. The number of fused-ring (bicyclic) bond motifs is 1. The normalized spacial score (nSPS) is 24.7. The molecule has 0 bridgehead atoms. The molecule has 1 fully saturated rings. The first-order valence-corrected chi connectivity index (χ1v) is 10.1. The number of ether oxygens (including phenoxy) is 1. The van der Waals surface area contributed by atoms with Crippen LogP contribution in [-0.4, -0.2) is 24.1 Å². The molecule has 0 aromatic heterocycles. The maximum Gasteiger partial charge on any atom is 0.292 e. The van der Waals surface area contributed by atoms with Gasteiger partial charge in [-0.05, 0) is 30.9 Å². The van der Waals surface area contributed by atoms with Crippen LogP contribution in [0.25, 0.3) is 6.08 Å². The summed E-state index contributed by atoms with van der Waals surface area (Å²) in [4.78, 5) is 16.8. The van der Waals surface area contributed by atoms with Crippen molar-refractivity contribution in [2.45, 2.75) is 76.4 Å². The number of amides is 1. The predicted octanol–water partition coefficient (Wildman–Crippen LogP) is 4.85. The zero-order chi connectivity index (χ0) is 18.0. The molecular weight excluding hydrogens is 324 g/mol. The molecule has 2 atom stereocenters. The van der Waals surface area contributed by atoms with Gasteiger partial charge in [-0.15, -0.1) is 0 Å². The molecule has 1 aliphatic heterocycles. The summed E-state index contributed by atoms with van der Waals surface area (Å²) in [5.74, 6) is -0.190. The summed E-state index contributed by atoms with van der Waals surface area (Å²) in [6.45, 7) is 0. The zero-order valence-electron chi connectivity index (χ0n) is 15.5. The van der Waals surface area contributed by atoms with Crippen molar-refractivity contribution in [2.75, 3.05) is 0 Å². The number of aliphatic imine (C=N–C) groups is 1. The number of rotatable bonds is 2. The molecule has 0 saturated heterocycles. The van der Waals surface area contributed by atoms with Gasteiger partial charge in [0.25, 0.3) is 11.9 Å². The fraction of sp³-hybridized carbons (Fsp3) is 0.545. The van der Waals surface area contributed by atoms with E-state index in [1.54, 1.807) is 6.08 Å². The van der Waals surface area contributed by atoms with Crippen LogP contribution in [0.15, 0.2) is 41.4 Å². The Balaban J connectivity index is 1.53. The molecule has 1 aromatic rings. The molecule has 1 aliphatic carbocycles. The van der Waals surface area contributed by atoms with E-state index in [9.17, 15) is 4.79 Å². The first-order valence-electron chi connectivity index (χ1n) is 10.1. The number of nitrogens with one attached hydrogen (secondary N) is 1. The van der Waals surface area contributed by atoms with Crippen LogP contribution in [0.4, 0.5) is 0 Å². The van der Waals surface area contributed by atoms with Crippen molar-refractivity contribution >= 4 is 18.0 Å². The molecule has 4 nitrogen and oxygen atoms in total. The highest BCUT2D eigenvalue weighted by Gasteiger charge is 2.30. The Kier molecular flexibility index (Phi) is 7.29. The zero-order valence-corrected chi connectivity index (χ0v) is 15.5. The van der Waals surface area contributed by atoms with Crippen molar-refractivity contribution in [1.29, 1.82) is 0 Å². The van der Waals surface area contributed by atoms with Crippen LogP contribution in [0, 0.1) is 0 Å². The molecule has 1 heterocycles. The molecule has 1 aromatic carbocycles. The molecular formula is C22H30N2O2. The Morgan fingerprint density at radius 2 is 1.62 bits per heavy atom. The molecule has 0 radical (unpaired) electrons. The van der Waals surface area contributed by atoms with Gasteiger partial charge in [0, 0.05) is 6.08 Å². The summed E-state index contributed by atoms with van der Waals surface area (Å²) >= 11 is 0. The maximum atomic E-state index is 12.2. The Bertz CT molecular complexity index is 624. The van der Waals surface area contributed by atoms with Crippen molar-refractivity contribution < 1.29 is 9.53 Å². The number of hydrogen-bond donors (Lipinski definition) is 1. The number of benzene rings is 1. The van der Waals surface area contributed by atoms with E-state index in [1.165, 1.54) is 57.4 Å². The largest absolute Gasteiger partial charge is 0.459 e. The smallest absolute Gasteiger partial charge is 0.292 e. The van der Waals surface area contributed by atoms with E-state index in [0.29, 0.717) is 6.02 Å². The molecule has 3 rings (SSSR count). The lowest BCUT2D eigenvalue weighted by atomic mass is 9.96. The highest BCUT2D eigenvalue weighted by Crippen LogP contribution is 2.25. The highest BCUT2D eigenvalue weighted by atomic mass is 16.5. The average molecular weight is 354 g/mol.